The molecule has 0 radical (unpaired) electrons. The molecule has 1 aromatic rings. The van der Waals surface area contributed by atoms with Gasteiger partial charge < -0.3 is 16.4 Å². The number of nitrogens with zero attached hydrogens (tertiary/aromatic N) is 1. The Labute approximate surface area is 130 Å². The predicted molar refractivity (Wildman–Crippen MR) is 86.7 cm³/mol. The SMILES string of the molecule is NC(=O)c1cc(N)cc(Cl)c1N1CCCC2CCCCC21. The molecule has 0 aromatic heterocycles. The van der Waals surface area contributed by atoms with Gasteiger partial charge in [0, 0.05) is 18.3 Å². The molecule has 3 rings (SSSR count). The summed E-state index contributed by atoms with van der Waals surface area (Å²) >= 11 is 6.41. The van der Waals surface area contributed by atoms with Crippen LogP contribution in [0.4, 0.5) is 11.4 Å². The summed E-state index contributed by atoms with van der Waals surface area (Å²) in [5.41, 5.74) is 13.1. The third-order valence-electron chi connectivity index (χ3n) is 4.88. The lowest BCUT2D eigenvalue weighted by Gasteiger charge is -2.46. The number of anilines is 2. The van der Waals surface area contributed by atoms with Crippen LogP contribution in [0.2, 0.25) is 5.02 Å². The van der Waals surface area contributed by atoms with Crippen molar-refractivity contribution in [1.82, 2.24) is 0 Å². The number of hydrogen-bond acceptors (Lipinski definition) is 3. The number of nitrogen functional groups attached to an aromatic ring is 1. The van der Waals surface area contributed by atoms with Crippen LogP contribution in [-0.2, 0) is 0 Å². The largest absolute Gasteiger partial charge is 0.399 e. The number of benzene rings is 1. The van der Waals surface area contributed by atoms with Gasteiger partial charge in [-0.15, -0.1) is 0 Å². The normalized spacial score (nSPS) is 25.5. The van der Waals surface area contributed by atoms with Gasteiger partial charge in [0.05, 0.1) is 16.3 Å². The summed E-state index contributed by atoms with van der Waals surface area (Å²) in [4.78, 5) is 14.1. The molecule has 4 nitrogen and oxygen atoms in total. The van der Waals surface area contributed by atoms with Gasteiger partial charge in [-0.3, -0.25) is 4.79 Å². The maximum atomic E-state index is 11.8. The molecule has 2 atom stereocenters. The van der Waals surface area contributed by atoms with Crippen molar-refractivity contribution in [1.29, 1.82) is 0 Å². The number of carbonyl (C=O) groups is 1. The number of nitrogens with two attached hydrogens (primary N) is 2. The minimum Gasteiger partial charge on any atom is -0.399 e. The summed E-state index contributed by atoms with van der Waals surface area (Å²) in [5, 5.41) is 0.537. The maximum Gasteiger partial charge on any atom is 0.250 e. The number of carbonyl (C=O) groups excluding carboxylic acids is 1. The summed E-state index contributed by atoms with van der Waals surface area (Å²) in [5.74, 6) is 0.249. The Morgan fingerprint density at radius 2 is 1.90 bits per heavy atom. The van der Waals surface area contributed by atoms with Crippen molar-refractivity contribution < 1.29 is 4.79 Å². The van der Waals surface area contributed by atoms with E-state index >= 15 is 0 Å². The zero-order valence-corrected chi connectivity index (χ0v) is 12.9. The molecule has 1 saturated carbocycles. The molecule has 5 heteroatoms. The van der Waals surface area contributed by atoms with Crippen LogP contribution in [0, 0.1) is 5.92 Å². The van der Waals surface area contributed by atoms with Crippen LogP contribution in [0.15, 0.2) is 12.1 Å². The van der Waals surface area contributed by atoms with E-state index in [-0.39, 0.29) is 0 Å². The molecule has 0 bridgehead atoms. The number of rotatable bonds is 2. The van der Waals surface area contributed by atoms with Crippen molar-refractivity contribution in [3.05, 3.63) is 22.7 Å². The number of primary amides is 1. The Kier molecular flexibility index (Phi) is 3.98. The first-order valence-corrected chi connectivity index (χ1v) is 8.11. The lowest BCUT2D eigenvalue weighted by atomic mass is 9.78. The van der Waals surface area contributed by atoms with Gasteiger partial charge in [-0.25, -0.2) is 0 Å². The van der Waals surface area contributed by atoms with Crippen LogP contribution in [0.5, 0.6) is 0 Å². The zero-order chi connectivity index (χ0) is 15.0. The van der Waals surface area contributed by atoms with E-state index in [1.54, 1.807) is 12.1 Å². The average Bonchev–Trinajstić information content (AvgIpc) is 2.46. The van der Waals surface area contributed by atoms with E-state index in [1.165, 1.54) is 32.1 Å². The fourth-order valence-electron chi connectivity index (χ4n) is 4.00. The Balaban J connectivity index is 2.04. The topological polar surface area (TPSA) is 72.3 Å². The van der Waals surface area contributed by atoms with Gasteiger partial charge in [0.15, 0.2) is 0 Å². The maximum absolute atomic E-state index is 11.8. The van der Waals surface area contributed by atoms with Gasteiger partial charge in [0.2, 0.25) is 0 Å². The van der Waals surface area contributed by atoms with Crippen LogP contribution in [0.3, 0.4) is 0 Å². The van der Waals surface area contributed by atoms with Crippen molar-refractivity contribution in [2.24, 2.45) is 11.7 Å². The van der Waals surface area contributed by atoms with Gasteiger partial charge in [-0.2, -0.15) is 0 Å². The number of amides is 1. The van der Waals surface area contributed by atoms with Crippen LogP contribution in [-0.4, -0.2) is 18.5 Å². The summed E-state index contributed by atoms with van der Waals surface area (Å²) in [6.45, 7) is 0.936. The van der Waals surface area contributed by atoms with Gasteiger partial charge in [-0.1, -0.05) is 24.4 Å². The molecular formula is C16H22ClN3O. The molecule has 1 aromatic carbocycles. The Bertz CT molecular complexity index is 559. The minimum absolute atomic E-state index is 0.450. The third kappa shape index (κ3) is 2.69. The molecular weight excluding hydrogens is 286 g/mol. The summed E-state index contributed by atoms with van der Waals surface area (Å²) in [7, 11) is 0. The van der Waals surface area contributed by atoms with Crippen molar-refractivity contribution >= 4 is 28.9 Å². The number of piperidine rings is 1. The fourth-order valence-corrected chi connectivity index (χ4v) is 4.34. The van der Waals surface area contributed by atoms with Crippen LogP contribution >= 0.6 is 11.6 Å². The second-order valence-electron chi connectivity index (χ2n) is 6.21. The standard InChI is InChI=1S/C16H22ClN3O/c17-13-9-11(18)8-12(16(19)21)15(13)20-7-3-5-10-4-1-2-6-14(10)20/h8-10,14H,1-7,18H2,(H2,19,21). The zero-order valence-electron chi connectivity index (χ0n) is 12.1. The molecule has 1 amide bonds. The van der Waals surface area contributed by atoms with E-state index in [1.807, 2.05) is 0 Å². The minimum atomic E-state index is -0.461. The summed E-state index contributed by atoms with van der Waals surface area (Å²) in [6.07, 6.45) is 7.42. The van der Waals surface area contributed by atoms with E-state index in [0.29, 0.717) is 28.2 Å². The highest BCUT2D eigenvalue weighted by Crippen LogP contribution is 2.42. The average molecular weight is 308 g/mol. The van der Waals surface area contributed by atoms with Gasteiger partial charge >= 0.3 is 0 Å². The summed E-state index contributed by atoms with van der Waals surface area (Å²) < 4.78 is 0. The predicted octanol–water partition coefficient (Wildman–Crippen LogP) is 3.18. The van der Waals surface area contributed by atoms with Gasteiger partial charge in [-0.05, 0) is 43.7 Å². The third-order valence-corrected chi connectivity index (χ3v) is 5.17. The van der Waals surface area contributed by atoms with Crippen molar-refractivity contribution in [3.63, 3.8) is 0 Å². The molecule has 2 fully saturated rings. The van der Waals surface area contributed by atoms with E-state index < -0.39 is 5.91 Å². The quantitative estimate of drug-likeness (QED) is 0.824. The van der Waals surface area contributed by atoms with E-state index in [2.05, 4.69) is 4.90 Å². The van der Waals surface area contributed by atoms with Crippen LogP contribution in [0.25, 0.3) is 0 Å². The first-order chi connectivity index (χ1) is 10.1. The number of halogens is 1. The Morgan fingerprint density at radius 3 is 2.67 bits per heavy atom. The highest BCUT2D eigenvalue weighted by molar-refractivity contribution is 6.34. The highest BCUT2D eigenvalue weighted by Gasteiger charge is 2.35. The van der Waals surface area contributed by atoms with E-state index in [9.17, 15) is 4.79 Å². The van der Waals surface area contributed by atoms with Gasteiger partial charge in [0.25, 0.3) is 5.91 Å². The molecule has 1 aliphatic carbocycles. The first-order valence-electron chi connectivity index (χ1n) is 7.73. The highest BCUT2D eigenvalue weighted by atomic mass is 35.5. The van der Waals surface area contributed by atoms with Crippen molar-refractivity contribution in [2.45, 2.75) is 44.6 Å². The lowest BCUT2D eigenvalue weighted by Crippen LogP contribution is -2.47. The van der Waals surface area contributed by atoms with Crippen LogP contribution < -0.4 is 16.4 Å². The Morgan fingerprint density at radius 1 is 1.19 bits per heavy atom. The number of hydrogen-bond donors (Lipinski definition) is 2. The van der Waals surface area contributed by atoms with Crippen molar-refractivity contribution in [3.8, 4) is 0 Å². The second kappa shape index (κ2) is 5.76. The smallest absolute Gasteiger partial charge is 0.250 e. The Hall–Kier alpha value is -1.42. The van der Waals surface area contributed by atoms with E-state index in [0.717, 1.165) is 18.7 Å². The molecule has 4 N–H and O–H groups in total. The molecule has 0 spiro atoms. The monoisotopic (exact) mass is 307 g/mol. The van der Waals surface area contributed by atoms with Crippen molar-refractivity contribution in [2.75, 3.05) is 17.2 Å². The molecule has 2 unspecified atom stereocenters. The number of fused-ring (bicyclic) bond motifs is 1. The molecule has 1 heterocycles. The first kappa shape index (κ1) is 14.5. The second-order valence-corrected chi connectivity index (χ2v) is 6.62. The van der Waals surface area contributed by atoms with Crippen LogP contribution in [0.1, 0.15) is 48.9 Å². The molecule has 1 saturated heterocycles. The molecule has 1 aliphatic heterocycles. The van der Waals surface area contributed by atoms with Gasteiger partial charge in [0.1, 0.15) is 0 Å². The fraction of sp³-hybridized carbons (Fsp3) is 0.562. The van der Waals surface area contributed by atoms with E-state index in [4.69, 9.17) is 23.1 Å². The lowest BCUT2D eigenvalue weighted by molar-refractivity contribution is 0.100. The molecule has 2 aliphatic rings. The summed E-state index contributed by atoms with van der Waals surface area (Å²) in [6, 6.07) is 3.85. The molecule has 21 heavy (non-hydrogen) atoms. The molecule has 114 valence electrons.